The lowest BCUT2D eigenvalue weighted by Crippen LogP contribution is -2.50. The molecule has 0 aromatic heterocycles. The predicted molar refractivity (Wildman–Crippen MR) is 323 cm³/mol. The number of anilines is 4. The second-order valence-electron chi connectivity index (χ2n) is 21.2. The van der Waals surface area contributed by atoms with Gasteiger partial charge in [0, 0.05) is 44.8 Å². The highest BCUT2D eigenvalue weighted by Crippen LogP contribution is 2.52. The molecule has 2 nitrogen and oxygen atoms in total. The van der Waals surface area contributed by atoms with E-state index in [0.717, 1.165) is 40.1 Å². The average Bonchev–Trinajstić information content (AvgIpc) is 3.61. The van der Waals surface area contributed by atoms with Gasteiger partial charge in [0.1, 0.15) is 16.1 Å². The van der Waals surface area contributed by atoms with E-state index in [1.165, 1.54) is 87.7 Å². The van der Waals surface area contributed by atoms with E-state index in [-0.39, 0.29) is 5.41 Å². The Kier molecular flexibility index (Phi) is 12.6. The lowest BCUT2D eigenvalue weighted by molar-refractivity contribution is 0.660. The molecule has 0 fully saturated rings. The van der Waals surface area contributed by atoms with Crippen LogP contribution in [0.2, 0.25) is 26.2 Å². The molecule has 0 saturated heterocycles. The summed E-state index contributed by atoms with van der Waals surface area (Å²) in [7, 11) is -3.95. The molecule has 0 N–H and O–H groups in total. The van der Waals surface area contributed by atoms with Crippen LogP contribution in [0, 0.1) is 0 Å². The fourth-order valence-corrected chi connectivity index (χ4v) is 18.6. The highest BCUT2D eigenvalue weighted by atomic mass is 28.3. The normalized spacial score (nSPS) is 16.6. The van der Waals surface area contributed by atoms with E-state index in [1.807, 2.05) is 0 Å². The van der Waals surface area contributed by atoms with Crippen molar-refractivity contribution in [2.75, 3.05) is 9.80 Å². The first kappa shape index (κ1) is 48.4. The van der Waals surface area contributed by atoms with Gasteiger partial charge in [-0.1, -0.05) is 224 Å². The van der Waals surface area contributed by atoms with Crippen molar-refractivity contribution in [2.24, 2.45) is 0 Å². The Hall–Kier alpha value is -7.25. The monoisotopic (exact) mass is 968 g/mol. The van der Waals surface area contributed by atoms with Crippen LogP contribution in [0.1, 0.15) is 81.3 Å². The van der Waals surface area contributed by atoms with Gasteiger partial charge < -0.3 is 9.80 Å². The van der Waals surface area contributed by atoms with Crippen LogP contribution in [0.25, 0.3) is 57.3 Å². The maximum atomic E-state index is 4.48. The molecule has 3 aliphatic rings. The van der Waals surface area contributed by atoms with E-state index in [1.54, 1.807) is 0 Å². The summed E-state index contributed by atoms with van der Waals surface area (Å²) in [5.74, 6) is 0. The Morgan fingerprint density at radius 2 is 1.12 bits per heavy atom. The Labute approximate surface area is 431 Å². The number of rotatable bonds is 11. The number of para-hydroxylation sites is 2. The SMILES string of the molecule is C=CC1=C(C=CC)[Si](C)(C)c2ccccc2N1c1c(C=CC)c(C=C)c(-c2ccc(C=Cc3ccc4c(c3)C(C)(C)c3cc(N5C(C)=C(C=CCC)[Si](C)(C)c6ccccc65)ccc3-4)cc2)c2ccccc12. The van der Waals surface area contributed by atoms with Gasteiger partial charge in [0.05, 0.1) is 5.69 Å². The van der Waals surface area contributed by atoms with Crippen LogP contribution in [0.5, 0.6) is 0 Å². The minimum absolute atomic E-state index is 0.168. The summed E-state index contributed by atoms with van der Waals surface area (Å²) in [6.45, 7) is 32.4. The van der Waals surface area contributed by atoms with Gasteiger partial charge >= 0.3 is 0 Å². The molecule has 0 radical (unpaired) electrons. The van der Waals surface area contributed by atoms with E-state index < -0.39 is 16.1 Å². The van der Waals surface area contributed by atoms with Crippen molar-refractivity contribution in [2.45, 2.75) is 79.6 Å². The average molecular weight is 969 g/mol. The third kappa shape index (κ3) is 7.66. The molecule has 0 spiro atoms. The Balaban J connectivity index is 0.997. The topological polar surface area (TPSA) is 6.48 Å². The number of hydrogen-bond acceptors (Lipinski definition) is 2. The summed E-state index contributed by atoms with van der Waals surface area (Å²) >= 11 is 0. The first-order valence-electron chi connectivity index (χ1n) is 25.8. The molecule has 2 heterocycles. The zero-order chi connectivity index (χ0) is 50.7. The minimum atomic E-state index is -2.06. The summed E-state index contributed by atoms with van der Waals surface area (Å²) in [6, 6.07) is 50.2. The number of fused-ring (bicyclic) bond motifs is 6. The van der Waals surface area contributed by atoms with Crippen molar-refractivity contribution in [3.63, 3.8) is 0 Å². The van der Waals surface area contributed by atoms with Crippen LogP contribution in [0.15, 0.2) is 205 Å². The summed E-state index contributed by atoms with van der Waals surface area (Å²) in [4.78, 5) is 5.00. The summed E-state index contributed by atoms with van der Waals surface area (Å²) in [5.41, 5.74) is 19.6. The van der Waals surface area contributed by atoms with Crippen molar-refractivity contribution in [1.29, 1.82) is 0 Å². The van der Waals surface area contributed by atoms with Gasteiger partial charge in [0.25, 0.3) is 0 Å². The van der Waals surface area contributed by atoms with Crippen LogP contribution in [-0.4, -0.2) is 16.1 Å². The third-order valence-electron chi connectivity index (χ3n) is 15.9. The molecule has 0 atom stereocenters. The van der Waals surface area contributed by atoms with Crippen LogP contribution in [0.4, 0.5) is 22.7 Å². The van der Waals surface area contributed by atoms with Gasteiger partial charge in [-0.2, -0.15) is 0 Å². The van der Waals surface area contributed by atoms with Crippen molar-refractivity contribution in [1.82, 2.24) is 0 Å². The van der Waals surface area contributed by atoms with Gasteiger partial charge in [-0.05, 0) is 134 Å². The number of hydrogen-bond donors (Lipinski definition) is 0. The van der Waals surface area contributed by atoms with Gasteiger partial charge in [0.2, 0.25) is 0 Å². The van der Waals surface area contributed by atoms with Crippen LogP contribution in [0.3, 0.4) is 0 Å². The fraction of sp³-hybridized carbons (Fsp3) is 0.176. The number of nitrogens with zero attached hydrogens (tertiary/aromatic N) is 2. The lowest BCUT2D eigenvalue weighted by atomic mass is 9.81. The van der Waals surface area contributed by atoms with E-state index >= 15 is 0 Å². The number of allylic oxidation sites excluding steroid dienone is 9. The summed E-state index contributed by atoms with van der Waals surface area (Å²) < 4.78 is 0. The van der Waals surface area contributed by atoms with Gasteiger partial charge in [-0.3, -0.25) is 0 Å². The highest BCUT2D eigenvalue weighted by Gasteiger charge is 2.42. The van der Waals surface area contributed by atoms with Crippen molar-refractivity contribution < 1.29 is 0 Å². The molecular formula is C68H68N2Si2. The number of benzene rings is 7. The molecule has 0 amide bonds. The van der Waals surface area contributed by atoms with Gasteiger partial charge in [-0.15, -0.1) is 0 Å². The Bertz CT molecular complexity index is 3550. The molecular weight excluding hydrogens is 901 g/mol. The quantitative estimate of drug-likeness (QED) is 0.0941. The Morgan fingerprint density at radius 3 is 1.76 bits per heavy atom. The highest BCUT2D eigenvalue weighted by molar-refractivity contribution is 6.98. The Morgan fingerprint density at radius 1 is 0.556 bits per heavy atom. The maximum absolute atomic E-state index is 4.48. The largest absolute Gasteiger partial charge is 0.315 e. The van der Waals surface area contributed by atoms with E-state index in [4.69, 9.17) is 0 Å². The van der Waals surface area contributed by atoms with Crippen LogP contribution >= 0.6 is 0 Å². The summed E-state index contributed by atoms with van der Waals surface area (Å²) in [5, 5.41) is 8.16. The molecule has 0 bridgehead atoms. The van der Waals surface area contributed by atoms with Crippen LogP contribution in [-0.2, 0) is 5.41 Å². The fourth-order valence-electron chi connectivity index (χ4n) is 12.3. The first-order valence-corrected chi connectivity index (χ1v) is 31.8. The second kappa shape index (κ2) is 18.7. The molecule has 0 saturated carbocycles. The van der Waals surface area contributed by atoms with Gasteiger partial charge in [0.15, 0.2) is 0 Å². The molecule has 4 heteroatoms. The molecule has 7 aromatic carbocycles. The van der Waals surface area contributed by atoms with E-state index in [2.05, 4.69) is 285 Å². The third-order valence-corrected chi connectivity index (χ3v) is 23.1. The molecule has 7 aromatic rings. The first-order chi connectivity index (χ1) is 34.7. The predicted octanol–water partition coefficient (Wildman–Crippen LogP) is 18.1. The van der Waals surface area contributed by atoms with Crippen molar-refractivity contribution in [3.05, 3.63) is 238 Å². The smallest absolute Gasteiger partial charge is 0.117 e. The van der Waals surface area contributed by atoms with Gasteiger partial charge in [-0.25, -0.2) is 0 Å². The zero-order valence-corrected chi connectivity index (χ0v) is 46.0. The van der Waals surface area contributed by atoms with Crippen LogP contribution < -0.4 is 20.2 Å². The molecule has 0 unspecified atom stereocenters. The second-order valence-corrected chi connectivity index (χ2v) is 29.8. The van der Waals surface area contributed by atoms with E-state index in [0.29, 0.717) is 0 Å². The molecule has 1 aliphatic carbocycles. The van der Waals surface area contributed by atoms with Crippen molar-refractivity contribution >= 4 is 84.3 Å². The standard InChI is InChI=1S/C68H68N2Si2/c1-13-18-31-62-46(6)69(60-29-21-23-32-64(60)71(62,9)10)50-41-43-53-52-42-38-48(44-57(52)68(7,8)58(53)45-50)35-34-47-36-39-49(40-37-47)66-51(16-4)55(25-14-2)67(56-28-20-19-27-54(56)66)70-59(17-5)63(26-15-3)72(11,12)65-33-24-22-30-61(65)70/h14-45H,4-5,13H2,1-3,6-12H3. The molecule has 10 rings (SSSR count). The molecule has 358 valence electrons. The molecule has 2 aliphatic heterocycles. The lowest BCUT2D eigenvalue weighted by Gasteiger charge is -2.42. The van der Waals surface area contributed by atoms with Crippen molar-refractivity contribution in [3.8, 4) is 22.3 Å². The minimum Gasteiger partial charge on any atom is -0.315 e. The summed E-state index contributed by atoms with van der Waals surface area (Å²) in [6.07, 6.45) is 23.3. The zero-order valence-electron chi connectivity index (χ0n) is 44.0. The van der Waals surface area contributed by atoms with E-state index in [9.17, 15) is 0 Å². The maximum Gasteiger partial charge on any atom is 0.117 e. The molecule has 72 heavy (non-hydrogen) atoms.